The summed E-state index contributed by atoms with van der Waals surface area (Å²) in [5, 5.41) is 3.80. The number of nitrogens with zero attached hydrogens (tertiary/aromatic N) is 3. The Morgan fingerprint density at radius 1 is 0.421 bits per heavy atom. The van der Waals surface area contributed by atoms with E-state index in [9.17, 15) is 2.74 Å². The van der Waals surface area contributed by atoms with Crippen LogP contribution in [0.1, 0.15) is 68.6 Å². The molecular weight excluding hydrogens is 691 g/mol. The molecule has 0 radical (unpaired) electrons. The molecule has 9 aromatic rings. The molecule has 9 rings (SSSR count). The van der Waals surface area contributed by atoms with Crippen LogP contribution in [0.25, 0.3) is 38.3 Å². The van der Waals surface area contributed by atoms with Crippen molar-refractivity contribution >= 4 is 66.7 Å². The SMILES string of the molecule is [2H]c1c([2H])c([2H])c(-n2c3cc(N(c4ccc(C)cc4)c4ccc(C(C)C)cc4)ccc3c3cc4ccc(N(c5ccc(C)cc5)c5ccc(C(C)C)cc5)cc4cc32)c([2H])c1[2H]. The van der Waals surface area contributed by atoms with Crippen molar-refractivity contribution in [1.29, 1.82) is 0 Å². The van der Waals surface area contributed by atoms with Gasteiger partial charge in [0.1, 0.15) is 0 Å². The molecule has 0 atom stereocenters. The number of benzene rings is 8. The summed E-state index contributed by atoms with van der Waals surface area (Å²) in [5.74, 6) is 0.794. The molecule has 0 unspecified atom stereocenters. The number of aromatic nitrogens is 1. The topological polar surface area (TPSA) is 11.4 Å². The lowest BCUT2D eigenvalue weighted by Crippen LogP contribution is -2.10. The van der Waals surface area contributed by atoms with E-state index in [4.69, 9.17) is 4.11 Å². The number of hydrogen-bond donors (Lipinski definition) is 0. The highest BCUT2D eigenvalue weighted by molar-refractivity contribution is 6.14. The molecule has 0 aliphatic heterocycles. The van der Waals surface area contributed by atoms with E-state index >= 15 is 0 Å². The van der Waals surface area contributed by atoms with Gasteiger partial charge >= 0.3 is 0 Å². The maximum atomic E-state index is 9.23. The zero-order valence-corrected chi connectivity index (χ0v) is 33.4. The van der Waals surface area contributed by atoms with E-state index in [1.165, 1.54) is 16.7 Å². The van der Waals surface area contributed by atoms with E-state index in [1.807, 2.05) is 4.57 Å². The quantitative estimate of drug-likeness (QED) is 0.146. The van der Waals surface area contributed by atoms with Crippen LogP contribution in [0, 0.1) is 13.8 Å². The van der Waals surface area contributed by atoms with Gasteiger partial charge in [-0.2, -0.15) is 0 Å². The van der Waals surface area contributed by atoms with Crippen molar-refractivity contribution in [2.75, 3.05) is 9.80 Å². The number of anilines is 6. The molecule has 0 N–H and O–H groups in total. The van der Waals surface area contributed by atoms with Gasteiger partial charge in [0.2, 0.25) is 0 Å². The smallest absolute Gasteiger partial charge is 0.0645 e. The van der Waals surface area contributed by atoms with Crippen LogP contribution < -0.4 is 9.80 Å². The Balaban J connectivity index is 1.31. The molecule has 57 heavy (non-hydrogen) atoms. The normalized spacial score (nSPS) is 12.9. The lowest BCUT2D eigenvalue weighted by Gasteiger charge is -2.26. The molecule has 280 valence electrons. The summed E-state index contributed by atoms with van der Waals surface area (Å²) in [6, 6.07) is 49.7. The fourth-order valence-electron chi connectivity index (χ4n) is 7.91. The molecule has 3 nitrogen and oxygen atoms in total. The first-order valence-corrected chi connectivity index (χ1v) is 19.8. The third-order valence-corrected chi connectivity index (χ3v) is 11.1. The third kappa shape index (κ3) is 6.84. The lowest BCUT2D eigenvalue weighted by molar-refractivity contribution is 0.866. The Morgan fingerprint density at radius 3 is 1.37 bits per heavy atom. The predicted octanol–water partition coefficient (Wildman–Crippen LogP) is 15.7. The first-order valence-electron chi connectivity index (χ1n) is 22.3. The lowest BCUT2D eigenvalue weighted by atomic mass is 10.0. The number of para-hydroxylation sites is 1. The van der Waals surface area contributed by atoms with E-state index in [-0.39, 0.29) is 29.9 Å². The first-order chi connectivity index (χ1) is 29.8. The zero-order chi connectivity index (χ0) is 43.6. The molecule has 0 bridgehead atoms. The Kier molecular flexibility index (Phi) is 7.96. The number of fused-ring (bicyclic) bond motifs is 4. The van der Waals surface area contributed by atoms with Gasteiger partial charge in [0, 0.05) is 50.6 Å². The fraction of sp³-hybridized carbons (Fsp3) is 0.148. The maximum Gasteiger partial charge on any atom is 0.0645 e. The maximum absolute atomic E-state index is 9.23. The molecule has 0 saturated carbocycles. The number of aryl methyl sites for hydroxylation is 2. The van der Waals surface area contributed by atoms with Crippen LogP contribution in [0.3, 0.4) is 0 Å². The molecule has 1 aromatic heterocycles. The van der Waals surface area contributed by atoms with Gasteiger partial charge in [0.15, 0.2) is 0 Å². The van der Waals surface area contributed by atoms with Gasteiger partial charge in [0.05, 0.1) is 17.9 Å². The van der Waals surface area contributed by atoms with Crippen molar-refractivity contribution in [3.63, 3.8) is 0 Å². The highest BCUT2D eigenvalue weighted by Gasteiger charge is 2.20. The second-order valence-corrected chi connectivity index (χ2v) is 15.7. The molecule has 0 saturated heterocycles. The van der Waals surface area contributed by atoms with E-state index < -0.39 is 6.04 Å². The van der Waals surface area contributed by atoms with Gasteiger partial charge in [-0.3, -0.25) is 0 Å². The van der Waals surface area contributed by atoms with Crippen molar-refractivity contribution in [3.8, 4) is 5.69 Å². The summed E-state index contributed by atoms with van der Waals surface area (Å²) in [7, 11) is 0. The minimum atomic E-state index is -0.423. The van der Waals surface area contributed by atoms with Crippen LogP contribution in [0.15, 0.2) is 176 Å². The van der Waals surface area contributed by atoms with Crippen LogP contribution in [0.5, 0.6) is 0 Å². The second kappa shape index (κ2) is 14.8. The van der Waals surface area contributed by atoms with Crippen molar-refractivity contribution in [1.82, 2.24) is 4.57 Å². The molecule has 0 fully saturated rings. The van der Waals surface area contributed by atoms with Crippen LogP contribution in [0.2, 0.25) is 0 Å². The molecule has 3 heteroatoms. The Morgan fingerprint density at radius 2 is 0.860 bits per heavy atom. The Bertz CT molecular complexity index is 3100. The summed E-state index contributed by atoms with van der Waals surface area (Å²) in [4.78, 5) is 4.47. The van der Waals surface area contributed by atoms with Crippen molar-refractivity contribution in [3.05, 3.63) is 198 Å². The highest BCUT2D eigenvalue weighted by Crippen LogP contribution is 2.42. The summed E-state index contributed by atoms with van der Waals surface area (Å²) in [5.41, 5.74) is 12.3. The number of hydrogen-bond acceptors (Lipinski definition) is 2. The summed E-state index contributed by atoms with van der Waals surface area (Å²) in [6.45, 7) is 12.9. The minimum absolute atomic E-state index is 0.110. The van der Waals surface area contributed by atoms with Crippen LogP contribution in [0.4, 0.5) is 34.1 Å². The first kappa shape index (κ1) is 30.6. The summed E-state index contributed by atoms with van der Waals surface area (Å²) < 4.78 is 46.3. The monoisotopic (exact) mass is 744 g/mol. The van der Waals surface area contributed by atoms with Crippen molar-refractivity contribution in [2.45, 2.75) is 53.4 Å². The predicted molar refractivity (Wildman–Crippen MR) is 245 cm³/mol. The molecule has 8 aromatic carbocycles. The standard InChI is InChI=1S/C54H49N3/c1-36(2)40-16-25-47(26-17-40)55(45-21-12-38(5)13-22-45)49-29-20-42-33-52-51-31-30-50(35-54(51)57(44-10-8-7-9-11-44)53(52)34-43(42)32-49)56(46-23-14-39(6)15-24-46)48-27-18-41(19-28-48)37(3)4/h7-37H,1-6H3/i7D,8D,9D,10D,11D. The van der Waals surface area contributed by atoms with E-state index in [1.54, 1.807) is 0 Å². The van der Waals surface area contributed by atoms with E-state index in [0.717, 1.165) is 72.3 Å². The molecule has 1 heterocycles. The molecule has 0 spiro atoms. The largest absolute Gasteiger partial charge is 0.310 e. The van der Waals surface area contributed by atoms with E-state index in [2.05, 4.69) is 197 Å². The van der Waals surface area contributed by atoms with Gasteiger partial charge in [-0.05, 0) is 145 Å². The van der Waals surface area contributed by atoms with Gasteiger partial charge in [-0.1, -0.05) is 118 Å². The van der Waals surface area contributed by atoms with Gasteiger partial charge in [0.25, 0.3) is 0 Å². The van der Waals surface area contributed by atoms with Crippen LogP contribution >= 0.6 is 0 Å². The Labute approximate surface area is 344 Å². The summed E-state index contributed by atoms with van der Waals surface area (Å²) >= 11 is 0. The third-order valence-electron chi connectivity index (χ3n) is 11.1. The van der Waals surface area contributed by atoms with Crippen molar-refractivity contribution < 1.29 is 6.85 Å². The minimum Gasteiger partial charge on any atom is -0.310 e. The van der Waals surface area contributed by atoms with Crippen LogP contribution in [-0.4, -0.2) is 4.57 Å². The Hall–Kier alpha value is -6.58. The molecular formula is C54H49N3. The molecule has 0 amide bonds. The van der Waals surface area contributed by atoms with Gasteiger partial charge < -0.3 is 14.4 Å². The van der Waals surface area contributed by atoms with Gasteiger partial charge in [-0.25, -0.2) is 0 Å². The van der Waals surface area contributed by atoms with Crippen LogP contribution in [-0.2, 0) is 0 Å². The average Bonchev–Trinajstić information content (AvgIpc) is 3.57. The number of rotatable bonds is 9. The second-order valence-electron chi connectivity index (χ2n) is 15.7. The summed E-state index contributed by atoms with van der Waals surface area (Å²) in [6.07, 6.45) is 0. The van der Waals surface area contributed by atoms with Gasteiger partial charge in [-0.15, -0.1) is 0 Å². The average molecular weight is 745 g/mol. The highest BCUT2D eigenvalue weighted by atomic mass is 15.1. The fourth-order valence-corrected chi connectivity index (χ4v) is 7.91. The van der Waals surface area contributed by atoms with E-state index in [0.29, 0.717) is 11.8 Å². The molecule has 0 aliphatic rings. The van der Waals surface area contributed by atoms with Crippen molar-refractivity contribution in [2.24, 2.45) is 0 Å². The molecule has 0 aliphatic carbocycles. The zero-order valence-electron chi connectivity index (χ0n) is 38.4.